The number of aliphatic hydroxyl groups is 2. The molecule has 8 saturated heterocycles. The molecule has 20 heteroatoms. The van der Waals surface area contributed by atoms with Crippen molar-refractivity contribution in [1.82, 2.24) is 49.6 Å². The first-order valence-electron chi connectivity index (χ1n) is 31.2. The first-order chi connectivity index (χ1) is 41.8. The largest absolute Gasteiger partial charge is 0.361 e. The van der Waals surface area contributed by atoms with E-state index in [1.54, 1.807) is 9.80 Å². The van der Waals surface area contributed by atoms with Crippen LogP contribution in [0.5, 0.6) is 0 Å². The third-order valence-corrected chi connectivity index (χ3v) is 21.6. The van der Waals surface area contributed by atoms with Gasteiger partial charge in [0.2, 0.25) is 35.1 Å². The average Bonchev–Trinajstić information content (AvgIpc) is 1.58. The van der Waals surface area contributed by atoms with Crippen molar-refractivity contribution in [1.29, 1.82) is 0 Å². The van der Waals surface area contributed by atoms with E-state index in [0.717, 1.165) is 29.5 Å². The van der Waals surface area contributed by atoms with Gasteiger partial charge >= 0.3 is 0 Å². The van der Waals surface area contributed by atoms with Crippen LogP contribution in [0.25, 0.3) is 21.8 Å². The van der Waals surface area contributed by atoms with E-state index in [2.05, 4.69) is 99.9 Å². The van der Waals surface area contributed by atoms with Crippen molar-refractivity contribution in [2.75, 3.05) is 40.3 Å². The Morgan fingerprint density at radius 2 is 1.08 bits per heavy atom. The zero-order chi connectivity index (χ0) is 60.2. The van der Waals surface area contributed by atoms with Gasteiger partial charge in [0.05, 0.1) is 11.8 Å². The number of hydrogen-bond donors (Lipinski definition) is 5. The molecule has 16 rings (SSSR count). The molecule has 454 valence electrons. The lowest BCUT2D eigenvalue weighted by molar-refractivity contribution is -0.315. The van der Waals surface area contributed by atoms with Crippen molar-refractivity contribution < 1.29 is 48.5 Å². The van der Waals surface area contributed by atoms with Crippen LogP contribution in [0.1, 0.15) is 97.6 Å². The second kappa shape index (κ2) is 20.3. The topological polar surface area (TPSA) is 226 Å². The fraction of sp³-hybridized carbons (Fsp3) is 0.493. The highest BCUT2D eigenvalue weighted by Crippen LogP contribution is 2.50. The maximum absolute atomic E-state index is 14.2. The van der Waals surface area contributed by atoms with Gasteiger partial charge in [0, 0.05) is 104 Å². The lowest BCUT2D eigenvalue weighted by Crippen LogP contribution is -2.71. The number of aryl methyl sites for hydroxylation is 1. The van der Waals surface area contributed by atoms with Crippen LogP contribution in [0.15, 0.2) is 109 Å². The lowest BCUT2D eigenvalue weighted by Gasteiger charge is -2.48. The molecule has 6 aromatic rings. The molecule has 87 heavy (non-hydrogen) atoms. The smallest absolute Gasteiger partial charge is 0.280 e. The third-order valence-electron chi connectivity index (χ3n) is 21.6. The zero-order valence-corrected chi connectivity index (χ0v) is 49.9. The summed E-state index contributed by atoms with van der Waals surface area (Å²) < 4.78 is 14.7. The quantitative estimate of drug-likeness (QED) is 0.145. The molecule has 10 heterocycles. The number of likely N-dealkylation sites (N-methyl/N-ethyl adjacent to an activating group) is 2. The Balaban J connectivity index is 0.000000147. The first-order valence-corrected chi connectivity index (χ1v) is 31.2. The van der Waals surface area contributed by atoms with E-state index in [0.29, 0.717) is 64.7 Å². The van der Waals surface area contributed by atoms with Crippen molar-refractivity contribution in [3.05, 3.63) is 143 Å². The van der Waals surface area contributed by atoms with Gasteiger partial charge in [0.25, 0.3) is 23.6 Å². The number of H-pyrrole nitrogens is 1. The molecule has 20 nitrogen and oxygen atoms in total. The molecule has 0 radical (unpaired) electrons. The number of nitrogens with one attached hydrogen (secondary N) is 3. The summed E-state index contributed by atoms with van der Waals surface area (Å²) in [7, 11) is 6.21. The normalized spacial score (nSPS) is 34.9. The van der Waals surface area contributed by atoms with Gasteiger partial charge in [0.1, 0.15) is 24.2 Å². The van der Waals surface area contributed by atoms with Gasteiger partial charge in [-0.25, -0.2) is 0 Å². The Bertz CT molecular complexity index is 3820. The molecule has 5 N–H and O–H groups in total. The third kappa shape index (κ3) is 8.58. The van der Waals surface area contributed by atoms with Crippen LogP contribution >= 0.6 is 0 Å². The van der Waals surface area contributed by atoms with E-state index in [4.69, 9.17) is 9.47 Å². The van der Waals surface area contributed by atoms with Crippen LogP contribution in [-0.4, -0.2) is 184 Å². The number of hydrogen-bond acceptors (Lipinski definition) is 12. The molecule has 4 aromatic carbocycles. The van der Waals surface area contributed by atoms with Crippen molar-refractivity contribution in [3.63, 3.8) is 0 Å². The predicted octanol–water partition coefficient (Wildman–Crippen LogP) is 4.17. The summed E-state index contributed by atoms with van der Waals surface area (Å²) >= 11 is 0. The molecule has 10 aliphatic rings. The molecular weight excluding hydrogens is 1100 g/mol. The molecule has 8 fully saturated rings. The van der Waals surface area contributed by atoms with Crippen molar-refractivity contribution in [2.45, 2.75) is 149 Å². The number of amides is 6. The van der Waals surface area contributed by atoms with Crippen LogP contribution < -0.4 is 10.6 Å². The minimum absolute atomic E-state index is 0.171. The lowest BCUT2D eigenvalue weighted by atomic mass is 9.72. The first kappa shape index (κ1) is 56.1. The number of piperidine rings is 2. The summed E-state index contributed by atoms with van der Waals surface area (Å²) in [6.45, 7) is 5.12. The maximum atomic E-state index is 14.2. The second-order valence-electron chi connectivity index (χ2n) is 26.8. The number of rotatable bonds is 8. The van der Waals surface area contributed by atoms with Crippen LogP contribution in [0.3, 0.4) is 0 Å². The molecule has 2 aromatic heterocycles. The SMILES string of the molecule is CN1C[C@H](C(=O)N[C@]2(C)O[C@@]3(O)C4CCCN4C(=O)[C@H](Cc4ccccc4)N3C2=O)CC2c3cccc4[nH]cc(c34)CC21.CN1C[C@H](C(=O)N[C@]2(C)O[C@@]3(O)C4CCCN4C(=O)[C@H](Cc4ccccc4)N3C2=O)CC2c3cccc4c3c(cn4C)CC21. The van der Waals surface area contributed by atoms with E-state index in [9.17, 15) is 39.0 Å². The number of aromatic amines is 1. The van der Waals surface area contributed by atoms with Crippen LogP contribution in [0.2, 0.25) is 0 Å². The Hall–Kier alpha value is -7.46. The van der Waals surface area contributed by atoms with E-state index in [1.165, 1.54) is 62.2 Å². The molecule has 0 bridgehead atoms. The van der Waals surface area contributed by atoms with Crippen molar-refractivity contribution in [2.24, 2.45) is 18.9 Å². The second-order valence-corrected chi connectivity index (χ2v) is 26.8. The van der Waals surface area contributed by atoms with E-state index >= 15 is 0 Å². The molecule has 6 unspecified atom stereocenters. The zero-order valence-electron chi connectivity index (χ0n) is 49.9. The molecule has 0 saturated carbocycles. The van der Waals surface area contributed by atoms with Gasteiger partial charge in [-0.05, 0) is 125 Å². The standard InChI is InChI=1S/C34H39N5O5.C33H37N5O5/c1-33(32(42)39-27(15-20-9-5-4-6-10-20)31(41)38-14-8-13-28(38)34(39,43)44-33)35-30(40)22-16-24-23-11-7-12-25-29(23)21(18-36(25)2)17-26(24)37(3)19-22;1-32(35-29(39)21-15-23-22-10-6-11-24-28(22)20(17-34-24)16-25(23)36(2)18-21)31(41)38-26(14-19-8-4-3-5-9-19)30(40)37-13-7-12-27(37)33(38,42)43-32/h4-7,9-12,18,22,24,26-28,43H,8,13-17,19H2,1-3H3,(H,35,40);3-6,8-11,17,21,23,25-27,34,42H,7,12-16,18H2,1-2H3,(H,35,39)/t22-,24?,26?,27+,28?,33-,34+;21-,23?,25?,26+,27?,32-,33+/m11/s1. The number of benzene rings is 4. The van der Waals surface area contributed by atoms with Gasteiger partial charge in [0.15, 0.2) is 0 Å². The van der Waals surface area contributed by atoms with Gasteiger partial charge in [-0.3, -0.25) is 48.0 Å². The van der Waals surface area contributed by atoms with Gasteiger partial charge < -0.3 is 50.0 Å². The van der Waals surface area contributed by atoms with Gasteiger partial charge in [-0.1, -0.05) is 84.9 Å². The number of likely N-dealkylation sites (tertiary alicyclic amines) is 2. The minimum Gasteiger partial charge on any atom is -0.361 e. The highest BCUT2D eigenvalue weighted by molar-refractivity contribution is 5.99. The molecule has 6 amide bonds. The molecular formula is C67H76N10O10. The number of aromatic nitrogens is 2. The molecule has 8 aliphatic heterocycles. The summed E-state index contributed by atoms with van der Waals surface area (Å²) in [5.74, 6) is -6.62. The summed E-state index contributed by atoms with van der Waals surface area (Å²) in [5.41, 5.74) is 5.62. The number of fused-ring (bicyclic) bond motifs is 10. The number of carbonyl (C=O) groups is 6. The Labute approximate surface area is 504 Å². The Morgan fingerprint density at radius 1 is 0.609 bits per heavy atom. The minimum atomic E-state index is -2.03. The highest BCUT2D eigenvalue weighted by Gasteiger charge is 2.72. The summed E-state index contributed by atoms with van der Waals surface area (Å²) in [4.78, 5) is 97.5. The highest BCUT2D eigenvalue weighted by atomic mass is 16.7. The molecule has 2 aliphatic carbocycles. The summed E-state index contributed by atoms with van der Waals surface area (Å²) in [6, 6.07) is 29.0. The van der Waals surface area contributed by atoms with Crippen molar-refractivity contribution in [3.8, 4) is 0 Å². The van der Waals surface area contributed by atoms with Gasteiger partial charge in [-0.15, -0.1) is 0 Å². The van der Waals surface area contributed by atoms with E-state index in [-0.39, 0.29) is 72.2 Å². The summed E-state index contributed by atoms with van der Waals surface area (Å²) in [6.07, 6.45) is 10.4. The number of carbonyl (C=O) groups excluding carboxylic acids is 6. The van der Waals surface area contributed by atoms with Crippen LogP contribution in [0, 0.1) is 11.8 Å². The van der Waals surface area contributed by atoms with E-state index in [1.807, 2.05) is 60.7 Å². The predicted molar refractivity (Wildman–Crippen MR) is 319 cm³/mol. The van der Waals surface area contributed by atoms with Crippen LogP contribution in [-0.2, 0) is 71.0 Å². The number of nitrogens with zero attached hydrogens (tertiary/aromatic N) is 7. The summed E-state index contributed by atoms with van der Waals surface area (Å²) in [5, 5.41) is 32.5. The fourth-order valence-electron chi connectivity index (χ4n) is 17.6. The van der Waals surface area contributed by atoms with Crippen molar-refractivity contribution >= 4 is 57.2 Å². The molecule has 0 spiro atoms. The maximum Gasteiger partial charge on any atom is 0.280 e. The Morgan fingerprint density at radius 3 is 1.59 bits per heavy atom. The van der Waals surface area contributed by atoms with E-state index < -0.39 is 59.3 Å². The Kier molecular flexibility index (Phi) is 13.1. The van der Waals surface area contributed by atoms with Gasteiger partial charge in [-0.2, -0.15) is 0 Å². The molecule has 14 atom stereocenters. The fourth-order valence-corrected chi connectivity index (χ4v) is 17.6. The average molecular weight is 1180 g/mol. The number of piperazine rings is 2. The number of ether oxygens (including phenoxy) is 2. The van der Waals surface area contributed by atoms with Crippen LogP contribution in [0.4, 0.5) is 0 Å². The monoisotopic (exact) mass is 1180 g/mol.